The van der Waals surface area contributed by atoms with Gasteiger partial charge in [0.05, 0.1) is 15.6 Å². The molecule has 0 aliphatic carbocycles. The quantitative estimate of drug-likeness (QED) is 0.896. The highest BCUT2D eigenvalue weighted by Crippen LogP contribution is 2.34. The van der Waals surface area contributed by atoms with Gasteiger partial charge in [0.15, 0.2) is 5.75 Å². The van der Waals surface area contributed by atoms with E-state index < -0.39 is 12.6 Å². The monoisotopic (exact) mass is 252 g/mol. The molecule has 1 rings (SSSR count). The number of ether oxygens (including phenoxy) is 1. The van der Waals surface area contributed by atoms with Gasteiger partial charge >= 0.3 is 5.97 Å². The largest absolute Gasteiger partial charge is 0.488 e. The third-order valence-corrected chi connectivity index (χ3v) is 2.13. The second-order valence-corrected chi connectivity index (χ2v) is 3.43. The van der Waals surface area contributed by atoms with Crippen LogP contribution in [0.25, 0.3) is 0 Å². The Morgan fingerprint density at radius 3 is 2.33 bits per heavy atom. The number of rotatable bonds is 4. The van der Waals surface area contributed by atoms with E-state index in [1.807, 2.05) is 0 Å². The number of aromatic carboxylic acids is 1. The number of hydrogen-bond acceptors (Lipinski definition) is 2. The van der Waals surface area contributed by atoms with Gasteiger partial charge in [-0.25, -0.2) is 9.18 Å². The van der Waals surface area contributed by atoms with Crippen molar-refractivity contribution in [2.75, 3.05) is 13.3 Å². The normalized spacial score (nSPS) is 10.1. The van der Waals surface area contributed by atoms with Crippen molar-refractivity contribution in [3.8, 4) is 5.75 Å². The van der Waals surface area contributed by atoms with Crippen LogP contribution in [0.3, 0.4) is 0 Å². The Labute approximate surface area is 95.4 Å². The number of halogens is 3. The highest BCUT2D eigenvalue weighted by Gasteiger charge is 2.13. The van der Waals surface area contributed by atoms with Gasteiger partial charge in [-0.15, -0.1) is 0 Å². The Balaban J connectivity index is 3.04. The number of benzene rings is 1. The zero-order valence-electron chi connectivity index (χ0n) is 7.47. The Morgan fingerprint density at radius 1 is 1.40 bits per heavy atom. The van der Waals surface area contributed by atoms with Gasteiger partial charge in [-0.2, -0.15) is 0 Å². The van der Waals surface area contributed by atoms with Gasteiger partial charge in [-0.05, 0) is 12.1 Å². The Kier molecular flexibility index (Phi) is 4.17. The van der Waals surface area contributed by atoms with E-state index in [9.17, 15) is 9.18 Å². The third-order valence-electron chi connectivity index (χ3n) is 1.57. The van der Waals surface area contributed by atoms with E-state index in [4.69, 9.17) is 33.0 Å². The molecule has 1 aromatic rings. The van der Waals surface area contributed by atoms with Crippen LogP contribution in [0.2, 0.25) is 10.0 Å². The molecule has 0 amide bonds. The lowest BCUT2D eigenvalue weighted by atomic mass is 10.2. The molecule has 6 heteroatoms. The lowest BCUT2D eigenvalue weighted by Gasteiger charge is -2.08. The van der Waals surface area contributed by atoms with Gasteiger partial charge in [0, 0.05) is 0 Å². The standard InChI is InChI=1S/C9H7Cl2FO3/c10-6-3-5(9(13)14)4-7(11)8(6)15-2-1-12/h3-4H,1-2H2,(H,13,14). The van der Waals surface area contributed by atoms with Crippen molar-refractivity contribution in [3.05, 3.63) is 27.7 Å². The minimum absolute atomic E-state index is 0.0439. The highest BCUT2D eigenvalue weighted by atomic mass is 35.5. The summed E-state index contributed by atoms with van der Waals surface area (Å²) in [5.74, 6) is -1.04. The fourth-order valence-corrected chi connectivity index (χ4v) is 1.56. The molecule has 0 saturated heterocycles. The van der Waals surface area contributed by atoms with Crippen LogP contribution in [-0.4, -0.2) is 24.4 Å². The Hall–Kier alpha value is -1.00. The molecule has 1 N–H and O–H groups in total. The van der Waals surface area contributed by atoms with E-state index in [1.165, 1.54) is 12.1 Å². The first-order valence-electron chi connectivity index (χ1n) is 3.97. The molecule has 0 aliphatic rings. The summed E-state index contributed by atoms with van der Waals surface area (Å²) in [6.07, 6.45) is 0. The molecule has 0 fully saturated rings. The SMILES string of the molecule is O=C(O)c1cc(Cl)c(OCCF)c(Cl)c1. The molecule has 1 aromatic carbocycles. The summed E-state index contributed by atoms with van der Waals surface area (Å²) in [6, 6.07) is 2.40. The van der Waals surface area contributed by atoms with E-state index in [-0.39, 0.29) is 28.0 Å². The van der Waals surface area contributed by atoms with E-state index in [0.29, 0.717) is 0 Å². The predicted molar refractivity (Wildman–Crippen MR) is 54.9 cm³/mol. The van der Waals surface area contributed by atoms with Crippen LogP contribution in [0.1, 0.15) is 10.4 Å². The lowest BCUT2D eigenvalue weighted by Crippen LogP contribution is -2.02. The first-order valence-corrected chi connectivity index (χ1v) is 4.73. The topological polar surface area (TPSA) is 46.5 Å². The van der Waals surface area contributed by atoms with Gasteiger partial charge in [0.1, 0.15) is 13.3 Å². The number of carboxylic acid groups (broad SMARTS) is 1. The second kappa shape index (κ2) is 5.19. The molecule has 0 heterocycles. The van der Waals surface area contributed by atoms with Crippen molar-refractivity contribution in [1.29, 1.82) is 0 Å². The van der Waals surface area contributed by atoms with Crippen LogP contribution in [0, 0.1) is 0 Å². The van der Waals surface area contributed by atoms with Crippen molar-refractivity contribution in [1.82, 2.24) is 0 Å². The fourth-order valence-electron chi connectivity index (χ4n) is 0.962. The highest BCUT2D eigenvalue weighted by molar-refractivity contribution is 6.37. The average molecular weight is 253 g/mol. The maximum absolute atomic E-state index is 11.8. The minimum Gasteiger partial charge on any atom is -0.488 e. The molecular weight excluding hydrogens is 246 g/mol. The molecule has 0 bridgehead atoms. The number of alkyl halides is 1. The molecule has 0 aromatic heterocycles. The summed E-state index contributed by atoms with van der Waals surface area (Å²) in [5, 5.41) is 8.78. The first kappa shape index (κ1) is 12.1. The van der Waals surface area contributed by atoms with Crippen LogP contribution >= 0.6 is 23.2 Å². The fraction of sp³-hybridized carbons (Fsp3) is 0.222. The maximum Gasteiger partial charge on any atom is 0.335 e. The summed E-state index contributed by atoms with van der Waals surface area (Å²) in [4.78, 5) is 10.6. The van der Waals surface area contributed by atoms with Crippen LogP contribution in [-0.2, 0) is 0 Å². The van der Waals surface area contributed by atoms with Crippen molar-refractivity contribution < 1.29 is 19.0 Å². The zero-order chi connectivity index (χ0) is 11.4. The van der Waals surface area contributed by atoms with Crippen molar-refractivity contribution in [2.24, 2.45) is 0 Å². The molecular formula is C9H7Cl2FO3. The summed E-state index contributed by atoms with van der Waals surface area (Å²) >= 11 is 11.4. The molecule has 0 unspecified atom stereocenters. The smallest absolute Gasteiger partial charge is 0.335 e. The molecule has 3 nitrogen and oxygen atoms in total. The van der Waals surface area contributed by atoms with E-state index in [0.717, 1.165) is 0 Å². The molecule has 15 heavy (non-hydrogen) atoms. The summed E-state index contributed by atoms with van der Waals surface area (Å²) in [5.41, 5.74) is -0.0439. The van der Waals surface area contributed by atoms with Gasteiger partial charge in [-0.1, -0.05) is 23.2 Å². The molecule has 0 atom stereocenters. The molecule has 0 saturated carbocycles. The molecule has 0 aliphatic heterocycles. The Morgan fingerprint density at radius 2 is 1.93 bits per heavy atom. The van der Waals surface area contributed by atoms with Gasteiger partial charge in [-0.3, -0.25) is 0 Å². The van der Waals surface area contributed by atoms with Gasteiger partial charge in [0.2, 0.25) is 0 Å². The predicted octanol–water partition coefficient (Wildman–Crippen LogP) is 3.04. The van der Waals surface area contributed by atoms with Crippen LogP contribution in [0.5, 0.6) is 5.75 Å². The number of hydrogen-bond donors (Lipinski definition) is 1. The number of carboxylic acids is 1. The van der Waals surface area contributed by atoms with Gasteiger partial charge < -0.3 is 9.84 Å². The van der Waals surface area contributed by atoms with E-state index in [2.05, 4.69) is 0 Å². The van der Waals surface area contributed by atoms with E-state index >= 15 is 0 Å². The second-order valence-electron chi connectivity index (χ2n) is 2.61. The van der Waals surface area contributed by atoms with Crippen molar-refractivity contribution >= 4 is 29.2 Å². The van der Waals surface area contributed by atoms with Crippen molar-refractivity contribution in [2.45, 2.75) is 0 Å². The summed E-state index contributed by atoms with van der Waals surface area (Å²) in [7, 11) is 0. The third kappa shape index (κ3) is 2.97. The zero-order valence-corrected chi connectivity index (χ0v) is 8.98. The minimum atomic E-state index is -1.14. The van der Waals surface area contributed by atoms with E-state index in [1.54, 1.807) is 0 Å². The van der Waals surface area contributed by atoms with Crippen LogP contribution < -0.4 is 4.74 Å². The first-order chi connectivity index (χ1) is 7.06. The maximum atomic E-state index is 11.8. The molecule has 0 spiro atoms. The Bertz CT molecular complexity index is 359. The van der Waals surface area contributed by atoms with Crippen LogP contribution in [0.15, 0.2) is 12.1 Å². The number of carbonyl (C=O) groups is 1. The van der Waals surface area contributed by atoms with Crippen LogP contribution in [0.4, 0.5) is 4.39 Å². The lowest BCUT2D eigenvalue weighted by molar-refractivity contribution is 0.0697. The molecule has 0 radical (unpaired) electrons. The van der Waals surface area contributed by atoms with Gasteiger partial charge in [0.25, 0.3) is 0 Å². The summed E-state index contributed by atoms with van der Waals surface area (Å²) in [6.45, 7) is -0.848. The average Bonchev–Trinajstić information content (AvgIpc) is 2.16. The van der Waals surface area contributed by atoms with Crippen molar-refractivity contribution in [3.63, 3.8) is 0 Å². The summed E-state index contributed by atoms with van der Waals surface area (Å²) < 4.78 is 16.8. The molecule has 82 valence electrons.